The van der Waals surface area contributed by atoms with Crippen molar-refractivity contribution in [1.29, 1.82) is 0 Å². The molecule has 1 fully saturated rings. The average Bonchev–Trinajstić information content (AvgIpc) is 2.69. The first kappa shape index (κ1) is 20.4. The zero-order valence-corrected chi connectivity index (χ0v) is 15.9. The highest BCUT2D eigenvalue weighted by Gasteiger charge is 2.47. The minimum absolute atomic E-state index is 0.0592. The largest absolute Gasteiger partial charge is 0.471 e. The zero-order valence-electron chi connectivity index (χ0n) is 15.9. The molecule has 0 N–H and O–H groups in total. The number of rotatable bonds is 5. The molecule has 0 radical (unpaired) electrons. The van der Waals surface area contributed by atoms with Crippen molar-refractivity contribution in [3.63, 3.8) is 0 Å². The van der Waals surface area contributed by atoms with Gasteiger partial charge in [0, 0.05) is 31.4 Å². The molecule has 0 spiro atoms. The summed E-state index contributed by atoms with van der Waals surface area (Å²) in [6.07, 6.45) is -3.46. The molecule has 0 aromatic heterocycles. The quantitative estimate of drug-likeness (QED) is 0.749. The van der Waals surface area contributed by atoms with Crippen molar-refractivity contribution in [1.82, 2.24) is 4.90 Å². The van der Waals surface area contributed by atoms with Crippen LogP contribution in [0.1, 0.15) is 18.9 Å². The summed E-state index contributed by atoms with van der Waals surface area (Å²) in [5, 5.41) is 0. The lowest BCUT2D eigenvalue weighted by molar-refractivity contribution is -0.171. The molecule has 2 aromatic carbocycles. The summed E-state index contributed by atoms with van der Waals surface area (Å²) in [6, 6.07) is 17.9. The van der Waals surface area contributed by atoms with Crippen molar-refractivity contribution in [2.24, 2.45) is 5.92 Å². The average molecular weight is 390 g/mol. The summed E-state index contributed by atoms with van der Waals surface area (Å²) < 4.78 is 39.8. The number of likely N-dealkylation sites (tertiary alicyclic amines) is 1. The molecule has 1 saturated heterocycles. The first-order chi connectivity index (χ1) is 13.4. The Kier molecular flexibility index (Phi) is 6.39. The van der Waals surface area contributed by atoms with Crippen molar-refractivity contribution in [2.45, 2.75) is 32.0 Å². The number of nitrogens with zero attached hydrogens (tertiary/aromatic N) is 2. The van der Waals surface area contributed by atoms with Gasteiger partial charge in [0.05, 0.1) is 0 Å². The van der Waals surface area contributed by atoms with Gasteiger partial charge in [-0.25, -0.2) is 0 Å². The minimum atomic E-state index is -4.89. The van der Waals surface area contributed by atoms with Gasteiger partial charge in [0.1, 0.15) is 0 Å². The lowest BCUT2D eigenvalue weighted by atomic mass is 9.91. The SMILES string of the molecule is CC1CN(CCc2ccccc2)CCC1N(C(=O)C(F)(F)F)c1ccccc1. The van der Waals surface area contributed by atoms with E-state index in [9.17, 15) is 18.0 Å². The summed E-state index contributed by atoms with van der Waals surface area (Å²) in [6.45, 7) is 4.14. The van der Waals surface area contributed by atoms with Gasteiger partial charge in [0.2, 0.25) is 0 Å². The first-order valence-corrected chi connectivity index (χ1v) is 9.58. The molecule has 0 aliphatic carbocycles. The highest BCUT2D eigenvalue weighted by atomic mass is 19.4. The van der Waals surface area contributed by atoms with Crippen molar-refractivity contribution in [3.8, 4) is 0 Å². The molecule has 2 aromatic rings. The fraction of sp³-hybridized carbons (Fsp3) is 0.409. The summed E-state index contributed by atoms with van der Waals surface area (Å²) in [5.41, 5.74) is 1.55. The van der Waals surface area contributed by atoms with E-state index in [1.54, 1.807) is 30.3 Å². The maximum Gasteiger partial charge on any atom is 0.471 e. The van der Waals surface area contributed by atoms with Crippen LogP contribution in [0.2, 0.25) is 0 Å². The van der Waals surface area contributed by atoms with Crippen LogP contribution >= 0.6 is 0 Å². The van der Waals surface area contributed by atoms with Crippen LogP contribution in [0.5, 0.6) is 0 Å². The monoisotopic (exact) mass is 390 g/mol. The van der Waals surface area contributed by atoms with Crippen LogP contribution in [-0.2, 0) is 11.2 Å². The summed E-state index contributed by atoms with van der Waals surface area (Å²) in [5.74, 6) is -1.84. The fourth-order valence-electron chi connectivity index (χ4n) is 3.92. The van der Waals surface area contributed by atoms with Gasteiger partial charge in [-0.2, -0.15) is 13.2 Å². The molecule has 28 heavy (non-hydrogen) atoms. The van der Waals surface area contributed by atoms with E-state index in [1.165, 1.54) is 5.56 Å². The zero-order chi connectivity index (χ0) is 20.1. The number of amides is 1. The normalized spacial score (nSPS) is 20.7. The molecule has 1 heterocycles. The number of carbonyl (C=O) groups is 1. The van der Waals surface area contributed by atoms with E-state index in [4.69, 9.17) is 0 Å². The number of hydrogen-bond acceptors (Lipinski definition) is 2. The van der Waals surface area contributed by atoms with Gasteiger partial charge in [-0.3, -0.25) is 4.79 Å². The van der Waals surface area contributed by atoms with Gasteiger partial charge in [-0.05, 0) is 36.5 Å². The van der Waals surface area contributed by atoms with Crippen LogP contribution in [0.3, 0.4) is 0 Å². The van der Waals surface area contributed by atoms with Gasteiger partial charge in [0.25, 0.3) is 0 Å². The van der Waals surface area contributed by atoms with Gasteiger partial charge in [0.15, 0.2) is 0 Å². The number of alkyl halides is 3. The molecule has 1 aliphatic rings. The van der Waals surface area contributed by atoms with Gasteiger partial charge in [-0.15, -0.1) is 0 Å². The maximum absolute atomic E-state index is 13.3. The van der Waals surface area contributed by atoms with E-state index >= 15 is 0 Å². The van der Waals surface area contributed by atoms with E-state index in [0.717, 1.165) is 17.9 Å². The topological polar surface area (TPSA) is 23.6 Å². The van der Waals surface area contributed by atoms with Crippen molar-refractivity contribution >= 4 is 11.6 Å². The molecular weight excluding hydrogens is 365 g/mol. The standard InChI is InChI=1S/C22H25F3N2O/c1-17-16-26(14-12-18-8-4-2-5-9-18)15-13-20(17)27(21(28)22(23,24)25)19-10-6-3-7-11-19/h2-11,17,20H,12-16H2,1H3. The lowest BCUT2D eigenvalue weighted by Crippen LogP contribution is -2.55. The van der Waals surface area contributed by atoms with Crippen molar-refractivity contribution in [3.05, 3.63) is 66.2 Å². The Bertz CT molecular complexity index is 764. The van der Waals surface area contributed by atoms with E-state index in [2.05, 4.69) is 17.0 Å². The second-order valence-electron chi connectivity index (χ2n) is 7.38. The van der Waals surface area contributed by atoms with Crippen LogP contribution < -0.4 is 4.90 Å². The number of para-hydroxylation sites is 1. The predicted octanol–water partition coefficient (Wildman–Crippen LogP) is 4.54. The summed E-state index contributed by atoms with van der Waals surface area (Å²) in [7, 11) is 0. The number of carbonyl (C=O) groups excluding carboxylic acids is 1. The molecule has 2 unspecified atom stereocenters. The molecule has 1 aliphatic heterocycles. The Labute approximate surface area is 163 Å². The molecule has 3 rings (SSSR count). The molecule has 0 bridgehead atoms. The number of halogens is 3. The summed E-state index contributed by atoms with van der Waals surface area (Å²) >= 11 is 0. The Morgan fingerprint density at radius 2 is 1.68 bits per heavy atom. The molecule has 150 valence electrons. The molecule has 2 atom stereocenters. The number of anilines is 1. The van der Waals surface area contributed by atoms with Crippen LogP contribution in [0, 0.1) is 5.92 Å². The molecule has 0 saturated carbocycles. The lowest BCUT2D eigenvalue weighted by Gasteiger charge is -2.43. The fourth-order valence-corrected chi connectivity index (χ4v) is 3.92. The Balaban J connectivity index is 1.70. The first-order valence-electron chi connectivity index (χ1n) is 9.58. The molecule has 3 nitrogen and oxygen atoms in total. The predicted molar refractivity (Wildman–Crippen MR) is 104 cm³/mol. The molecule has 1 amide bonds. The van der Waals surface area contributed by atoms with Crippen LogP contribution in [0.25, 0.3) is 0 Å². The van der Waals surface area contributed by atoms with E-state index in [0.29, 0.717) is 25.2 Å². The number of hydrogen-bond donors (Lipinski definition) is 0. The summed E-state index contributed by atoms with van der Waals surface area (Å²) in [4.78, 5) is 15.4. The second kappa shape index (κ2) is 8.78. The van der Waals surface area contributed by atoms with Gasteiger partial charge >= 0.3 is 12.1 Å². The third kappa shape index (κ3) is 4.93. The number of piperidine rings is 1. The van der Waals surface area contributed by atoms with E-state index in [-0.39, 0.29) is 5.92 Å². The number of benzene rings is 2. The van der Waals surface area contributed by atoms with E-state index in [1.807, 2.05) is 25.1 Å². The van der Waals surface area contributed by atoms with Gasteiger partial charge < -0.3 is 9.80 Å². The third-order valence-electron chi connectivity index (χ3n) is 5.33. The van der Waals surface area contributed by atoms with E-state index < -0.39 is 18.1 Å². The van der Waals surface area contributed by atoms with Crippen molar-refractivity contribution < 1.29 is 18.0 Å². The highest BCUT2D eigenvalue weighted by Crippen LogP contribution is 2.31. The Morgan fingerprint density at radius 3 is 2.25 bits per heavy atom. The maximum atomic E-state index is 13.3. The molecule has 6 heteroatoms. The molecular formula is C22H25F3N2O. The van der Waals surface area contributed by atoms with Crippen LogP contribution in [0.15, 0.2) is 60.7 Å². The Hall–Kier alpha value is -2.34. The van der Waals surface area contributed by atoms with Crippen molar-refractivity contribution in [2.75, 3.05) is 24.5 Å². The third-order valence-corrected chi connectivity index (χ3v) is 5.33. The van der Waals surface area contributed by atoms with Crippen LogP contribution in [0.4, 0.5) is 18.9 Å². The minimum Gasteiger partial charge on any atom is -0.303 e. The smallest absolute Gasteiger partial charge is 0.303 e. The highest BCUT2D eigenvalue weighted by molar-refractivity contribution is 5.97. The van der Waals surface area contributed by atoms with Gasteiger partial charge in [-0.1, -0.05) is 55.5 Å². The Morgan fingerprint density at radius 1 is 1.07 bits per heavy atom. The second-order valence-corrected chi connectivity index (χ2v) is 7.38. The van der Waals surface area contributed by atoms with Crippen LogP contribution in [-0.4, -0.2) is 42.7 Å².